The van der Waals surface area contributed by atoms with Crippen molar-refractivity contribution < 1.29 is 24.2 Å². The molecule has 23 heavy (non-hydrogen) atoms. The molecule has 0 atom stereocenters. The average molecular weight is 315 g/mol. The molecule has 0 fully saturated rings. The second-order valence-corrected chi connectivity index (χ2v) is 4.79. The fourth-order valence-electron chi connectivity index (χ4n) is 2.17. The summed E-state index contributed by atoms with van der Waals surface area (Å²) in [4.78, 5) is 27.6. The van der Waals surface area contributed by atoms with Crippen LogP contribution >= 0.6 is 0 Å². The molecule has 0 saturated heterocycles. The number of ether oxygens (including phenoxy) is 2. The van der Waals surface area contributed by atoms with Crippen LogP contribution in [-0.4, -0.2) is 36.5 Å². The minimum atomic E-state index is -0.613. The van der Waals surface area contributed by atoms with Gasteiger partial charge in [-0.3, -0.25) is 0 Å². The van der Waals surface area contributed by atoms with Crippen LogP contribution in [0, 0.1) is 0 Å². The quantitative estimate of drug-likeness (QED) is 0.863. The SMILES string of the molecule is CCOC(=O)C1=C(O)/C(=C\c2cccc(C(=O)OC)c2)N=C1C. The van der Waals surface area contributed by atoms with Gasteiger partial charge in [0.05, 0.1) is 25.0 Å². The number of carbonyl (C=O) groups excluding carboxylic acids is 2. The lowest BCUT2D eigenvalue weighted by Crippen LogP contribution is -2.13. The summed E-state index contributed by atoms with van der Waals surface area (Å²) in [7, 11) is 1.30. The maximum Gasteiger partial charge on any atom is 0.343 e. The van der Waals surface area contributed by atoms with E-state index in [2.05, 4.69) is 9.73 Å². The van der Waals surface area contributed by atoms with Gasteiger partial charge in [-0.2, -0.15) is 0 Å². The molecule has 6 heteroatoms. The number of aliphatic hydroxyl groups excluding tert-OH is 1. The molecule has 0 aliphatic carbocycles. The molecule has 1 aromatic carbocycles. The van der Waals surface area contributed by atoms with Crippen LogP contribution in [0.2, 0.25) is 0 Å². The maximum atomic E-state index is 11.8. The number of carbonyl (C=O) groups is 2. The molecule has 1 aliphatic rings. The summed E-state index contributed by atoms with van der Waals surface area (Å²) >= 11 is 0. The van der Waals surface area contributed by atoms with Crippen LogP contribution in [0.15, 0.2) is 46.3 Å². The average Bonchev–Trinajstić information content (AvgIpc) is 2.81. The van der Waals surface area contributed by atoms with Gasteiger partial charge in [0.15, 0.2) is 5.76 Å². The Balaban J connectivity index is 2.38. The molecule has 120 valence electrons. The van der Waals surface area contributed by atoms with Crippen LogP contribution < -0.4 is 0 Å². The van der Waals surface area contributed by atoms with Gasteiger partial charge in [0.2, 0.25) is 0 Å². The third kappa shape index (κ3) is 3.48. The van der Waals surface area contributed by atoms with Gasteiger partial charge in [-0.15, -0.1) is 0 Å². The molecule has 0 radical (unpaired) electrons. The number of methoxy groups -OCH3 is 1. The van der Waals surface area contributed by atoms with E-state index >= 15 is 0 Å². The van der Waals surface area contributed by atoms with Gasteiger partial charge >= 0.3 is 11.9 Å². The van der Waals surface area contributed by atoms with Crippen LogP contribution in [-0.2, 0) is 14.3 Å². The lowest BCUT2D eigenvalue weighted by molar-refractivity contribution is -0.138. The van der Waals surface area contributed by atoms with Crippen molar-refractivity contribution in [3.05, 3.63) is 52.4 Å². The monoisotopic (exact) mass is 315 g/mol. The fraction of sp³-hybridized carbons (Fsp3) is 0.235. The predicted molar refractivity (Wildman–Crippen MR) is 85.2 cm³/mol. The second-order valence-electron chi connectivity index (χ2n) is 4.79. The van der Waals surface area contributed by atoms with Crippen LogP contribution in [0.5, 0.6) is 0 Å². The molecule has 6 nitrogen and oxygen atoms in total. The minimum absolute atomic E-state index is 0.0576. The van der Waals surface area contributed by atoms with Crippen molar-refractivity contribution in [3.63, 3.8) is 0 Å². The summed E-state index contributed by atoms with van der Waals surface area (Å²) in [6.45, 7) is 3.52. The highest BCUT2D eigenvalue weighted by Gasteiger charge is 2.27. The Morgan fingerprint density at radius 2 is 2.04 bits per heavy atom. The molecule has 1 aromatic rings. The van der Waals surface area contributed by atoms with Gasteiger partial charge in [-0.1, -0.05) is 12.1 Å². The summed E-state index contributed by atoms with van der Waals surface area (Å²) < 4.78 is 9.57. The first-order chi connectivity index (χ1) is 11.0. The Kier molecular flexibility index (Phi) is 4.95. The van der Waals surface area contributed by atoms with Gasteiger partial charge in [0, 0.05) is 0 Å². The smallest absolute Gasteiger partial charge is 0.343 e. The summed E-state index contributed by atoms with van der Waals surface area (Å²) in [5.41, 5.74) is 1.72. The molecule has 1 N–H and O–H groups in total. The summed E-state index contributed by atoms with van der Waals surface area (Å²) in [6, 6.07) is 6.67. The molecule has 0 aromatic heterocycles. The molecule has 0 saturated carbocycles. The third-order valence-electron chi connectivity index (χ3n) is 3.22. The van der Waals surface area contributed by atoms with Crippen LogP contribution in [0.3, 0.4) is 0 Å². The highest BCUT2D eigenvalue weighted by Crippen LogP contribution is 2.26. The van der Waals surface area contributed by atoms with Crippen LogP contribution in [0.25, 0.3) is 6.08 Å². The number of hydrogen-bond acceptors (Lipinski definition) is 6. The maximum absolute atomic E-state index is 11.8. The van der Waals surface area contributed by atoms with Crippen molar-refractivity contribution in [3.8, 4) is 0 Å². The van der Waals surface area contributed by atoms with E-state index in [1.807, 2.05) is 0 Å². The number of hydrogen-bond donors (Lipinski definition) is 1. The van der Waals surface area contributed by atoms with Gasteiger partial charge in [0.1, 0.15) is 11.3 Å². The number of benzene rings is 1. The fourth-order valence-corrected chi connectivity index (χ4v) is 2.17. The Bertz CT molecular complexity index is 743. The number of esters is 2. The first-order valence-electron chi connectivity index (χ1n) is 7.04. The number of rotatable bonds is 4. The molecule has 1 aliphatic heterocycles. The van der Waals surface area contributed by atoms with Crippen molar-refractivity contribution in [2.75, 3.05) is 13.7 Å². The Hall–Kier alpha value is -2.89. The van der Waals surface area contributed by atoms with Crippen LogP contribution in [0.4, 0.5) is 0 Å². The van der Waals surface area contributed by atoms with Crippen molar-refractivity contribution in [1.29, 1.82) is 0 Å². The van der Waals surface area contributed by atoms with E-state index in [0.29, 0.717) is 16.8 Å². The molecule has 0 unspecified atom stereocenters. The van der Waals surface area contributed by atoms with Gasteiger partial charge in [-0.25, -0.2) is 14.6 Å². The highest BCUT2D eigenvalue weighted by molar-refractivity contribution is 6.22. The van der Waals surface area contributed by atoms with E-state index in [-0.39, 0.29) is 23.6 Å². The third-order valence-corrected chi connectivity index (χ3v) is 3.22. The van der Waals surface area contributed by atoms with Gasteiger partial charge in [-0.05, 0) is 37.6 Å². The first-order valence-corrected chi connectivity index (χ1v) is 7.04. The standard InChI is InChI=1S/C17H17NO5/c1-4-23-17(21)14-10(2)18-13(15(14)19)9-11-6-5-7-12(8-11)16(20)22-3/h5-9,19H,4H2,1-3H3/b13-9+. The number of nitrogens with zero attached hydrogens (tertiary/aromatic N) is 1. The normalized spacial score (nSPS) is 15.6. The zero-order chi connectivity index (χ0) is 17.0. The van der Waals surface area contributed by atoms with E-state index in [1.54, 1.807) is 44.2 Å². The first kappa shape index (κ1) is 16.5. The molecule has 0 spiro atoms. The molecule has 2 rings (SSSR count). The Morgan fingerprint density at radius 1 is 1.30 bits per heavy atom. The number of aliphatic imine (C=N–C) groups is 1. The highest BCUT2D eigenvalue weighted by atomic mass is 16.5. The lowest BCUT2D eigenvalue weighted by Gasteiger charge is -2.03. The van der Waals surface area contributed by atoms with Crippen molar-refractivity contribution in [2.24, 2.45) is 4.99 Å². The molecule has 1 heterocycles. The summed E-state index contributed by atoms with van der Waals surface area (Å²) in [6.07, 6.45) is 1.58. The predicted octanol–water partition coefficient (Wildman–Crippen LogP) is 2.66. The molecular weight excluding hydrogens is 298 g/mol. The van der Waals surface area contributed by atoms with E-state index in [1.165, 1.54) is 7.11 Å². The van der Waals surface area contributed by atoms with E-state index in [0.717, 1.165) is 0 Å². The topological polar surface area (TPSA) is 85.2 Å². The number of aliphatic hydroxyl groups is 1. The van der Waals surface area contributed by atoms with E-state index in [9.17, 15) is 14.7 Å². The van der Waals surface area contributed by atoms with Crippen molar-refractivity contribution in [2.45, 2.75) is 13.8 Å². The molecule has 0 amide bonds. The van der Waals surface area contributed by atoms with E-state index < -0.39 is 11.9 Å². The van der Waals surface area contributed by atoms with Crippen LogP contribution in [0.1, 0.15) is 29.8 Å². The summed E-state index contributed by atoms with van der Waals surface area (Å²) in [5, 5.41) is 10.2. The minimum Gasteiger partial charge on any atom is -0.505 e. The second kappa shape index (κ2) is 6.91. The molecular formula is C17H17NO5. The van der Waals surface area contributed by atoms with Gasteiger partial charge < -0.3 is 14.6 Å². The van der Waals surface area contributed by atoms with E-state index in [4.69, 9.17) is 4.74 Å². The Labute approximate surface area is 133 Å². The van der Waals surface area contributed by atoms with Crippen molar-refractivity contribution >= 4 is 23.7 Å². The van der Waals surface area contributed by atoms with Crippen molar-refractivity contribution in [1.82, 2.24) is 0 Å². The zero-order valence-corrected chi connectivity index (χ0v) is 13.1. The Morgan fingerprint density at radius 3 is 2.70 bits per heavy atom. The zero-order valence-electron chi connectivity index (χ0n) is 13.1. The summed E-state index contributed by atoms with van der Waals surface area (Å²) in [5.74, 6) is -1.30. The molecule has 0 bridgehead atoms. The van der Waals surface area contributed by atoms with Gasteiger partial charge in [0.25, 0.3) is 0 Å². The largest absolute Gasteiger partial charge is 0.505 e. The lowest BCUT2D eigenvalue weighted by atomic mass is 10.1.